The van der Waals surface area contributed by atoms with Gasteiger partial charge in [0.1, 0.15) is 0 Å². The Morgan fingerprint density at radius 2 is 1.71 bits per heavy atom. The van der Waals surface area contributed by atoms with Gasteiger partial charge < -0.3 is 14.8 Å². The summed E-state index contributed by atoms with van der Waals surface area (Å²) in [4.78, 5) is 6.93. The number of hydrogen-bond acceptors (Lipinski definition) is 2. The lowest BCUT2D eigenvalue weighted by atomic mass is 9.96. The molecule has 0 spiro atoms. The summed E-state index contributed by atoms with van der Waals surface area (Å²) in [6.07, 6.45) is 1.85. The lowest BCUT2D eigenvalue weighted by Gasteiger charge is -2.28. The van der Waals surface area contributed by atoms with Crippen molar-refractivity contribution in [1.82, 2.24) is 14.9 Å². The molecule has 4 nitrogen and oxygen atoms in total. The first kappa shape index (κ1) is 22.8. The Morgan fingerprint density at radius 1 is 0.941 bits per heavy atom. The molecule has 0 amide bonds. The number of anilines is 1. The predicted octanol–water partition coefficient (Wildman–Crippen LogP) is 7.05. The van der Waals surface area contributed by atoms with Crippen molar-refractivity contribution in [3.05, 3.63) is 111 Å². The Bertz CT molecular complexity index is 1360. The van der Waals surface area contributed by atoms with Crippen LogP contribution >= 0.6 is 28.1 Å². The zero-order valence-corrected chi connectivity index (χ0v) is 22.1. The maximum Gasteiger partial charge on any atom is 0.174 e. The third-order valence-electron chi connectivity index (χ3n) is 6.81. The van der Waals surface area contributed by atoms with Gasteiger partial charge >= 0.3 is 0 Å². The number of hydrogen-bond donors (Lipinski definition) is 1. The van der Waals surface area contributed by atoms with Crippen molar-refractivity contribution in [2.24, 2.45) is 0 Å². The third-order valence-corrected chi connectivity index (χ3v) is 7.65. The van der Waals surface area contributed by atoms with Crippen molar-refractivity contribution < 1.29 is 0 Å². The zero-order valence-electron chi connectivity index (χ0n) is 19.7. The molecule has 0 aliphatic carbocycles. The first-order chi connectivity index (χ1) is 16.4. The second-order valence-corrected chi connectivity index (χ2v) is 10.2. The first-order valence-corrected chi connectivity index (χ1v) is 12.6. The van der Waals surface area contributed by atoms with Crippen molar-refractivity contribution in [3.63, 3.8) is 0 Å². The molecule has 2 aromatic heterocycles. The van der Waals surface area contributed by atoms with Gasteiger partial charge in [0.2, 0.25) is 0 Å². The van der Waals surface area contributed by atoms with Gasteiger partial charge in [-0.05, 0) is 105 Å². The number of rotatable bonds is 4. The number of pyridine rings is 1. The van der Waals surface area contributed by atoms with E-state index < -0.39 is 0 Å². The Labute approximate surface area is 214 Å². The minimum Gasteiger partial charge on any atom is -0.351 e. The molecule has 1 aliphatic rings. The van der Waals surface area contributed by atoms with Crippen LogP contribution in [0.4, 0.5) is 5.69 Å². The number of aryl methyl sites for hydroxylation is 2. The molecule has 1 fully saturated rings. The normalized spacial score (nSPS) is 17.8. The monoisotopic (exact) mass is 530 g/mol. The van der Waals surface area contributed by atoms with Crippen LogP contribution in [0.5, 0.6) is 0 Å². The summed E-state index contributed by atoms with van der Waals surface area (Å²) < 4.78 is 3.41. The van der Waals surface area contributed by atoms with E-state index in [1.54, 1.807) is 0 Å². The van der Waals surface area contributed by atoms with E-state index in [1.807, 2.05) is 18.3 Å². The predicted molar refractivity (Wildman–Crippen MR) is 147 cm³/mol. The number of nitrogens with one attached hydrogen (secondary N) is 1. The van der Waals surface area contributed by atoms with Gasteiger partial charge in [-0.2, -0.15) is 0 Å². The van der Waals surface area contributed by atoms with E-state index in [9.17, 15) is 0 Å². The van der Waals surface area contributed by atoms with E-state index in [2.05, 4.69) is 113 Å². The highest BCUT2D eigenvalue weighted by molar-refractivity contribution is 9.10. The van der Waals surface area contributed by atoms with Crippen LogP contribution in [-0.2, 0) is 0 Å². The van der Waals surface area contributed by atoms with Gasteiger partial charge in [-0.15, -0.1) is 0 Å². The maximum absolute atomic E-state index is 5.89. The molecule has 0 radical (unpaired) electrons. The van der Waals surface area contributed by atoms with E-state index in [4.69, 9.17) is 17.2 Å². The summed E-state index contributed by atoms with van der Waals surface area (Å²) in [5.74, 6) is 0. The zero-order chi connectivity index (χ0) is 24.0. The molecule has 34 heavy (non-hydrogen) atoms. The number of halogens is 1. The molecule has 1 saturated heterocycles. The topological polar surface area (TPSA) is 33.1 Å². The van der Waals surface area contributed by atoms with Crippen molar-refractivity contribution >= 4 is 38.9 Å². The molecule has 172 valence electrons. The van der Waals surface area contributed by atoms with Gasteiger partial charge in [0.25, 0.3) is 0 Å². The molecule has 3 heterocycles. The molecule has 6 heteroatoms. The smallest absolute Gasteiger partial charge is 0.174 e. The Balaban J connectivity index is 1.70. The van der Waals surface area contributed by atoms with Crippen LogP contribution in [0.15, 0.2) is 77.4 Å². The van der Waals surface area contributed by atoms with Crippen LogP contribution in [0, 0.1) is 27.7 Å². The van der Waals surface area contributed by atoms with Gasteiger partial charge in [-0.3, -0.25) is 4.98 Å². The van der Waals surface area contributed by atoms with Crippen LogP contribution in [0.2, 0.25) is 0 Å². The van der Waals surface area contributed by atoms with Crippen LogP contribution < -0.4 is 10.2 Å². The average Bonchev–Trinajstić information content (AvgIpc) is 3.32. The fourth-order valence-corrected chi connectivity index (χ4v) is 5.60. The summed E-state index contributed by atoms with van der Waals surface area (Å²) in [6.45, 7) is 8.75. The van der Waals surface area contributed by atoms with E-state index in [1.165, 1.54) is 33.8 Å². The maximum atomic E-state index is 5.89. The van der Waals surface area contributed by atoms with E-state index >= 15 is 0 Å². The summed E-state index contributed by atoms with van der Waals surface area (Å²) in [6, 6.07) is 23.1. The quantitative estimate of drug-likeness (QED) is 0.286. The molecule has 0 bridgehead atoms. The summed E-state index contributed by atoms with van der Waals surface area (Å²) in [5.41, 5.74) is 9.50. The summed E-state index contributed by atoms with van der Waals surface area (Å²) >= 11 is 9.45. The number of nitrogens with zero attached hydrogens (tertiary/aromatic N) is 3. The first-order valence-electron chi connectivity index (χ1n) is 11.4. The SMILES string of the molecule is Cc1cccc(-n2c(C)cc([C@H]3[C@@H](c4ccccn4)NC(=S)N3c3ccc(Br)cc3)c2C)c1C. The number of aromatic nitrogens is 2. The van der Waals surface area contributed by atoms with Crippen molar-refractivity contribution in [2.45, 2.75) is 39.8 Å². The third kappa shape index (κ3) is 3.85. The van der Waals surface area contributed by atoms with Crippen molar-refractivity contribution in [3.8, 4) is 5.69 Å². The van der Waals surface area contributed by atoms with Gasteiger partial charge in [0.15, 0.2) is 5.11 Å². The summed E-state index contributed by atoms with van der Waals surface area (Å²) in [5, 5.41) is 4.28. The lowest BCUT2D eigenvalue weighted by molar-refractivity contribution is 0.565. The average molecular weight is 532 g/mol. The standard InChI is InChI=1S/C28H27BrN4S/c1-17-8-7-10-25(19(17)3)32-18(2)16-23(20(32)4)27-26(24-9-5-6-15-30-24)31-28(34)33(27)22-13-11-21(29)12-14-22/h5-16,26-27H,1-4H3,(H,31,34)/t26-,27+/m1/s1. The second kappa shape index (κ2) is 9.01. The molecular formula is C28H27BrN4S. The molecular weight excluding hydrogens is 504 g/mol. The fraction of sp³-hybridized carbons (Fsp3) is 0.214. The lowest BCUT2D eigenvalue weighted by Crippen LogP contribution is -2.29. The Hall–Kier alpha value is -2.96. The summed E-state index contributed by atoms with van der Waals surface area (Å²) in [7, 11) is 0. The van der Waals surface area contributed by atoms with Gasteiger partial charge in [-0.1, -0.05) is 34.1 Å². The van der Waals surface area contributed by atoms with Gasteiger partial charge in [-0.25, -0.2) is 0 Å². The van der Waals surface area contributed by atoms with E-state index in [-0.39, 0.29) is 12.1 Å². The Kier molecular flexibility index (Phi) is 6.04. The van der Waals surface area contributed by atoms with Gasteiger partial charge in [0, 0.05) is 33.4 Å². The highest BCUT2D eigenvalue weighted by atomic mass is 79.9. The van der Waals surface area contributed by atoms with Gasteiger partial charge in [0.05, 0.1) is 17.8 Å². The second-order valence-electron chi connectivity index (χ2n) is 8.85. The van der Waals surface area contributed by atoms with Crippen molar-refractivity contribution in [2.75, 3.05) is 4.90 Å². The molecule has 2 aromatic carbocycles. The largest absolute Gasteiger partial charge is 0.351 e. The molecule has 1 aliphatic heterocycles. The van der Waals surface area contributed by atoms with E-state index in [0.29, 0.717) is 5.11 Å². The molecule has 1 N–H and O–H groups in total. The number of benzene rings is 2. The minimum absolute atomic E-state index is 0.0337. The van der Waals surface area contributed by atoms with Crippen LogP contribution in [0.3, 0.4) is 0 Å². The highest BCUT2D eigenvalue weighted by Gasteiger charge is 2.42. The van der Waals surface area contributed by atoms with E-state index in [0.717, 1.165) is 15.9 Å². The molecule has 0 saturated carbocycles. The Morgan fingerprint density at radius 3 is 2.41 bits per heavy atom. The fourth-order valence-electron chi connectivity index (χ4n) is 4.99. The highest BCUT2D eigenvalue weighted by Crippen LogP contribution is 2.44. The van der Waals surface area contributed by atoms with Crippen LogP contribution in [0.25, 0.3) is 5.69 Å². The van der Waals surface area contributed by atoms with Crippen LogP contribution in [0.1, 0.15) is 45.9 Å². The molecule has 2 atom stereocenters. The van der Waals surface area contributed by atoms with Crippen LogP contribution in [-0.4, -0.2) is 14.7 Å². The molecule has 0 unspecified atom stereocenters. The molecule has 4 aromatic rings. The minimum atomic E-state index is -0.0649. The molecule has 5 rings (SSSR count). The number of thiocarbonyl (C=S) groups is 1. The van der Waals surface area contributed by atoms with Crippen molar-refractivity contribution in [1.29, 1.82) is 0 Å².